The second-order valence-corrected chi connectivity index (χ2v) is 7.16. The summed E-state index contributed by atoms with van der Waals surface area (Å²) in [5.41, 5.74) is -1.83. The third-order valence-corrected chi connectivity index (χ3v) is 4.82. The van der Waals surface area contributed by atoms with E-state index < -0.39 is 34.5 Å². The van der Waals surface area contributed by atoms with E-state index in [1.54, 1.807) is 0 Å². The Morgan fingerprint density at radius 2 is 1.94 bits per heavy atom. The molecular formula is C20H15ClF3N3O4. The summed E-state index contributed by atoms with van der Waals surface area (Å²) in [6, 6.07) is 5.00. The van der Waals surface area contributed by atoms with E-state index >= 15 is 0 Å². The molecule has 0 radical (unpaired) electrons. The number of fused-ring (bicyclic) bond motifs is 1. The number of benzene rings is 1. The van der Waals surface area contributed by atoms with Gasteiger partial charge in [0.1, 0.15) is 17.1 Å². The number of aromatic hydroxyl groups is 1. The Kier molecular flexibility index (Phi) is 5.77. The maximum Gasteiger partial charge on any atom is 0.417 e. The second-order valence-electron chi connectivity index (χ2n) is 6.76. The third-order valence-electron chi connectivity index (χ3n) is 4.54. The fraction of sp³-hybridized carbons (Fsp3) is 0.200. The number of nitrogens with one attached hydrogen (secondary N) is 1. The average Bonchev–Trinajstić information content (AvgIpc) is 2.69. The van der Waals surface area contributed by atoms with Crippen LogP contribution in [-0.4, -0.2) is 32.9 Å². The fourth-order valence-electron chi connectivity index (χ4n) is 2.98. The summed E-state index contributed by atoms with van der Waals surface area (Å²) in [7, 11) is 1.38. The predicted octanol–water partition coefficient (Wildman–Crippen LogP) is 3.30. The van der Waals surface area contributed by atoms with Crippen LogP contribution in [0.25, 0.3) is 22.2 Å². The van der Waals surface area contributed by atoms with Gasteiger partial charge in [-0.15, -0.1) is 0 Å². The number of aromatic nitrogens is 2. The van der Waals surface area contributed by atoms with Gasteiger partial charge in [-0.3, -0.25) is 19.4 Å². The van der Waals surface area contributed by atoms with Gasteiger partial charge < -0.3 is 15.0 Å². The minimum atomic E-state index is -4.61. The third kappa shape index (κ3) is 4.24. The molecule has 1 amide bonds. The van der Waals surface area contributed by atoms with Crippen molar-refractivity contribution < 1.29 is 27.9 Å². The van der Waals surface area contributed by atoms with Crippen molar-refractivity contribution in [1.29, 1.82) is 0 Å². The van der Waals surface area contributed by atoms with Crippen LogP contribution in [0.15, 0.2) is 35.3 Å². The minimum Gasteiger partial charge on any atom is -0.506 e. The number of nitrogens with zero attached hydrogens (tertiary/aromatic N) is 2. The summed E-state index contributed by atoms with van der Waals surface area (Å²) in [6.45, 7) is 0.913. The van der Waals surface area contributed by atoms with Gasteiger partial charge in [-0.25, -0.2) is 0 Å². The molecule has 2 N–H and O–H groups in total. The van der Waals surface area contributed by atoms with Gasteiger partial charge in [0, 0.05) is 24.2 Å². The number of carbonyl (C=O) groups is 2. The maximum atomic E-state index is 12.9. The predicted molar refractivity (Wildman–Crippen MR) is 107 cm³/mol. The molecule has 0 spiro atoms. The summed E-state index contributed by atoms with van der Waals surface area (Å²) in [4.78, 5) is 39.8. The summed E-state index contributed by atoms with van der Waals surface area (Å²) in [5.74, 6) is -1.92. The fourth-order valence-corrected chi connectivity index (χ4v) is 3.26. The van der Waals surface area contributed by atoms with Crippen molar-refractivity contribution in [3.8, 4) is 17.0 Å². The maximum absolute atomic E-state index is 12.9. The van der Waals surface area contributed by atoms with E-state index in [-0.39, 0.29) is 39.5 Å². The number of aryl methyl sites for hydroxylation is 1. The molecule has 0 aliphatic heterocycles. The summed E-state index contributed by atoms with van der Waals surface area (Å²) >= 11 is 5.99. The lowest BCUT2D eigenvalue weighted by Crippen LogP contribution is -2.34. The molecule has 11 heteroatoms. The Hall–Kier alpha value is -3.40. The molecule has 3 aromatic rings. The molecule has 0 aliphatic rings. The zero-order valence-electron chi connectivity index (χ0n) is 16.2. The van der Waals surface area contributed by atoms with E-state index in [0.717, 1.165) is 10.6 Å². The number of ketones is 1. The molecular weight excluding hydrogens is 439 g/mol. The molecule has 3 rings (SSSR count). The Morgan fingerprint density at radius 3 is 2.52 bits per heavy atom. The van der Waals surface area contributed by atoms with Crippen LogP contribution in [0.2, 0.25) is 5.02 Å². The van der Waals surface area contributed by atoms with Gasteiger partial charge in [0.05, 0.1) is 28.3 Å². The second kappa shape index (κ2) is 8.03. The zero-order chi connectivity index (χ0) is 23.1. The van der Waals surface area contributed by atoms with E-state index in [0.29, 0.717) is 6.20 Å². The normalized spacial score (nSPS) is 11.5. The van der Waals surface area contributed by atoms with Crippen LogP contribution in [0, 0.1) is 0 Å². The van der Waals surface area contributed by atoms with Crippen molar-refractivity contribution in [1.82, 2.24) is 14.9 Å². The lowest BCUT2D eigenvalue weighted by Gasteiger charge is -2.14. The minimum absolute atomic E-state index is 0.0207. The standard InChI is InChI=1S/C20H15ClF3N3O4/c1-9(28)7-26-18(30)15-17(29)12-5-10(3-4-14(12)27(2)19(15)31)16-13(21)6-11(8-25-16)20(22,23)24/h3-6,8,29H,7H2,1-2H3,(H,26,30). The number of amides is 1. The number of alkyl halides is 3. The van der Waals surface area contributed by atoms with E-state index in [1.807, 2.05) is 0 Å². The largest absolute Gasteiger partial charge is 0.506 e. The van der Waals surface area contributed by atoms with Crippen molar-refractivity contribution in [2.45, 2.75) is 13.1 Å². The van der Waals surface area contributed by atoms with Crippen LogP contribution < -0.4 is 10.9 Å². The smallest absolute Gasteiger partial charge is 0.417 e. The first-order valence-electron chi connectivity index (χ1n) is 8.78. The van der Waals surface area contributed by atoms with E-state index in [4.69, 9.17) is 11.6 Å². The van der Waals surface area contributed by atoms with Crippen LogP contribution in [-0.2, 0) is 18.0 Å². The van der Waals surface area contributed by atoms with Gasteiger partial charge >= 0.3 is 6.18 Å². The van der Waals surface area contributed by atoms with Gasteiger partial charge in [0.2, 0.25) is 0 Å². The van der Waals surface area contributed by atoms with Crippen molar-refractivity contribution in [3.63, 3.8) is 0 Å². The molecule has 31 heavy (non-hydrogen) atoms. The number of rotatable bonds is 4. The van der Waals surface area contributed by atoms with Crippen LogP contribution in [0.4, 0.5) is 13.2 Å². The topological polar surface area (TPSA) is 101 Å². The Balaban J connectivity index is 2.17. The highest BCUT2D eigenvalue weighted by atomic mass is 35.5. The molecule has 2 aromatic heterocycles. The zero-order valence-corrected chi connectivity index (χ0v) is 16.9. The Labute approximate surface area is 178 Å². The van der Waals surface area contributed by atoms with E-state index in [9.17, 15) is 32.7 Å². The molecule has 0 aliphatic carbocycles. The molecule has 7 nitrogen and oxygen atoms in total. The summed E-state index contributed by atoms with van der Waals surface area (Å²) < 4.78 is 39.7. The van der Waals surface area contributed by atoms with Gasteiger partial charge in [-0.05, 0) is 25.1 Å². The number of Topliss-reactive ketones (excluding diaryl/α,β-unsaturated/α-hetero) is 1. The first kappa shape index (κ1) is 22.3. The number of hydrogen-bond acceptors (Lipinski definition) is 5. The van der Waals surface area contributed by atoms with Gasteiger partial charge in [-0.2, -0.15) is 13.2 Å². The van der Waals surface area contributed by atoms with Gasteiger partial charge in [-0.1, -0.05) is 17.7 Å². The molecule has 0 unspecified atom stereocenters. The lowest BCUT2D eigenvalue weighted by atomic mass is 10.0. The van der Waals surface area contributed by atoms with Gasteiger partial charge in [0.25, 0.3) is 11.5 Å². The van der Waals surface area contributed by atoms with Crippen molar-refractivity contribution >= 4 is 34.2 Å². The highest BCUT2D eigenvalue weighted by Crippen LogP contribution is 2.36. The summed E-state index contributed by atoms with van der Waals surface area (Å²) in [6.07, 6.45) is -3.98. The van der Waals surface area contributed by atoms with Gasteiger partial charge in [0.15, 0.2) is 0 Å². The Bertz CT molecular complexity index is 1290. The van der Waals surface area contributed by atoms with Crippen molar-refractivity contribution in [2.75, 3.05) is 6.54 Å². The number of halogens is 4. The van der Waals surface area contributed by atoms with Crippen LogP contribution in [0.1, 0.15) is 22.8 Å². The van der Waals surface area contributed by atoms with Crippen molar-refractivity contribution in [2.24, 2.45) is 7.05 Å². The summed E-state index contributed by atoms with van der Waals surface area (Å²) in [5, 5.41) is 12.7. The van der Waals surface area contributed by atoms with E-state index in [2.05, 4.69) is 10.3 Å². The number of carbonyl (C=O) groups excluding carboxylic acids is 2. The first-order valence-corrected chi connectivity index (χ1v) is 9.16. The lowest BCUT2D eigenvalue weighted by molar-refractivity contribution is -0.137. The number of hydrogen-bond donors (Lipinski definition) is 2. The van der Waals surface area contributed by atoms with Crippen molar-refractivity contribution in [3.05, 3.63) is 57.0 Å². The molecule has 0 atom stereocenters. The molecule has 0 fully saturated rings. The molecule has 0 saturated heterocycles. The average molecular weight is 454 g/mol. The molecule has 2 heterocycles. The highest BCUT2D eigenvalue weighted by molar-refractivity contribution is 6.33. The Morgan fingerprint density at radius 1 is 1.26 bits per heavy atom. The van der Waals surface area contributed by atoms with E-state index in [1.165, 1.54) is 32.2 Å². The van der Waals surface area contributed by atoms with Crippen LogP contribution in [0.3, 0.4) is 0 Å². The highest BCUT2D eigenvalue weighted by Gasteiger charge is 2.31. The first-order chi connectivity index (χ1) is 14.4. The molecule has 162 valence electrons. The number of pyridine rings is 2. The quantitative estimate of drug-likeness (QED) is 0.631. The molecule has 0 bridgehead atoms. The molecule has 1 aromatic carbocycles. The van der Waals surface area contributed by atoms with Crippen LogP contribution >= 0.6 is 11.6 Å². The van der Waals surface area contributed by atoms with Crippen LogP contribution in [0.5, 0.6) is 5.75 Å². The monoisotopic (exact) mass is 453 g/mol. The SMILES string of the molecule is CC(=O)CNC(=O)c1c(O)c2cc(-c3ncc(C(F)(F)F)cc3Cl)ccc2n(C)c1=O. The molecule has 0 saturated carbocycles.